The molecule has 0 unspecified atom stereocenters. The molecule has 0 radical (unpaired) electrons. The highest BCUT2D eigenvalue weighted by atomic mass is 32.1. The molecule has 0 atom stereocenters. The van der Waals surface area contributed by atoms with Crippen LogP contribution in [0.15, 0.2) is 164 Å². The van der Waals surface area contributed by atoms with Gasteiger partial charge in [-0.25, -0.2) is 0 Å². The monoisotopic (exact) mass is 699 g/mol. The Labute approximate surface area is 310 Å². The number of benzene rings is 8. The van der Waals surface area contributed by atoms with Gasteiger partial charge in [-0.05, 0) is 98.8 Å². The maximum atomic E-state index is 2.45. The molecule has 0 saturated heterocycles. The predicted molar refractivity (Wildman–Crippen MR) is 227 cm³/mol. The maximum absolute atomic E-state index is 2.45. The molecule has 3 heteroatoms. The molecule has 1 aliphatic rings. The molecule has 0 fully saturated rings. The molecular weight excluding hydrogens is 667 g/mol. The maximum Gasteiger partial charge on any atom is 0.0476 e. The molecule has 0 amide bonds. The van der Waals surface area contributed by atoms with E-state index in [-0.39, 0.29) is 5.41 Å². The smallest absolute Gasteiger partial charge is 0.0476 e. The first kappa shape index (κ1) is 29.9. The topological polar surface area (TPSA) is 3.24 Å². The summed E-state index contributed by atoms with van der Waals surface area (Å²) in [5.74, 6) is 0. The molecule has 0 N–H and O–H groups in total. The van der Waals surface area contributed by atoms with Gasteiger partial charge in [0.15, 0.2) is 0 Å². The fourth-order valence-electron chi connectivity index (χ4n) is 8.76. The Hall–Kier alpha value is -5.74. The van der Waals surface area contributed by atoms with Gasteiger partial charge in [-0.2, -0.15) is 0 Å². The van der Waals surface area contributed by atoms with Gasteiger partial charge in [-0.1, -0.05) is 123 Å². The third-order valence-electron chi connectivity index (χ3n) is 11.3. The molecule has 2 aromatic heterocycles. The van der Waals surface area contributed by atoms with E-state index >= 15 is 0 Å². The zero-order chi connectivity index (χ0) is 34.6. The summed E-state index contributed by atoms with van der Waals surface area (Å²) < 4.78 is 5.30. The van der Waals surface area contributed by atoms with Gasteiger partial charge >= 0.3 is 0 Å². The second-order valence-corrected chi connectivity index (χ2v) is 16.7. The third-order valence-corrected chi connectivity index (χ3v) is 13.5. The van der Waals surface area contributed by atoms with E-state index in [1.165, 1.54) is 90.2 Å². The van der Waals surface area contributed by atoms with Crippen LogP contribution in [0.3, 0.4) is 0 Å². The molecule has 1 nitrogen and oxygen atoms in total. The number of nitrogens with zero attached hydrogens (tertiary/aromatic N) is 1. The Balaban J connectivity index is 1.09. The van der Waals surface area contributed by atoms with Crippen molar-refractivity contribution in [1.82, 2.24) is 0 Å². The summed E-state index contributed by atoms with van der Waals surface area (Å²) in [7, 11) is 0. The van der Waals surface area contributed by atoms with Crippen LogP contribution in [0, 0.1) is 0 Å². The van der Waals surface area contributed by atoms with E-state index in [2.05, 4.69) is 183 Å². The van der Waals surface area contributed by atoms with Crippen LogP contribution in [0.2, 0.25) is 0 Å². The highest BCUT2D eigenvalue weighted by Gasteiger charge is 2.35. The first-order valence-corrected chi connectivity index (χ1v) is 19.6. The number of hydrogen-bond acceptors (Lipinski definition) is 3. The number of anilines is 3. The Kier molecular flexibility index (Phi) is 6.41. The molecule has 0 spiro atoms. The van der Waals surface area contributed by atoms with Crippen LogP contribution in [0.25, 0.3) is 73.4 Å². The van der Waals surface area contributed by atoms with Gasteiger partial charge in [-0.15, -0.1) is 22.7 Å². The van der Waals surface area contributed by atoms with E-state index < -0.39 is 0 Å². The standard InChI is InChI=1S/C49H33NS2/c1-49(2)41-15-6-3-11-36(41)37-25-23-33(28-42(37)49)50(34-24-26-39-38-12-4-7-16-43(38)52-46(39)29-34)32-21-18-30(19-22-32)35-14-9-10-31-20-27-45-48(47(31)35)40-13-5-8-17-44(40)51-45/h3-29H,1-2H3. The van der Waals surface area contributed by atoms with Crippen molar-refractivity contribution in [2.24, 2.45) is 0 Å². The van der Waals surface area contributed by atoms with Gasteiger partial charge in [0.25, 0.3) is 0 Å². The highest BCUT2D eigenvalue weighted by molar-refractivity contribution is 7.26. The number of thiophene rings is 2. The minimum atomic E-state index is -0.0849. The number of fused-ring (bicyclic) bond motifs is 11. The van der Waals surface area contributed by atoms with E-state index in [4.69, 9.17) is 0 Å². The molecule has 0 saturated carbocycles. The second kappa shape index (κ2) is 11.1. The first-order valence-electron chi connectivity index (χ1n) is 17.9. The van der Waals surface area contributed by atoms with Gasteiger partial charge in [0.2, 0.25) is 0 Å². The fourth-order valence-corrected chi connectivity index (χ4v) is 11.0. The van der Waals surface area contributed by atoms with Crippen molar-refractivity contribution in [3.05, 3.63) is 175 Å². The van der Waals surface area contributed by atoms with Crippen molar-refractivity contribution in [1.29, 1.82) is 0 Å². The van der Waals surface area contributed by atoms with Crippen LogP contribution < -0.4 is 4.90 Å². The normalized spacial score (nSPS) is 13.3. The zero-order valence-electron chi connectivity index (χ0n) is 28.9. The van der Waals surface area contributed by atoms with Crippen LogP contribution in [0.1, 0.15) is 25.0 Å². The summed E-state index contributed by atoms with van der Waals surface area (Å²) in [6.45, 7) is 4.73. The molecule has 2 heterocycles. The average Bonchev–Trinajstić information content (AvgIpc) is 3.83. The SMILES string of the molecule is CC1(C)c2ccccc2-c2ccc(N(c3ccc(-c4cccc5ccc6sc7ccccc7c6c45)cc3)c3ccc4c(c3)sc3ccccc34)cc21. The lowest BCUT2D eigenvalue weighted by Crippen LogP contribution is -2.16. The molecule has 10 aromatic rings. The number of rotatable bonds is 4. The molecule has 246 valence electrons. The van der Waals surface area contributed by atoms with Crippen molar-refractivity contribution in [3.63, 3.8) is 0 Å². The van der Waals surface area contributed by atoms with Crippen LogP contribution in [0.4, 0.5) is 17.1 Å². The Morgan fingerprint density at radius 3 is 1.90 bits per heavy atom. The van der Waals surface area contributed by atoms with Gasteiger partial charge in [0.05, 0.1) is 0 Å². The largest absolute Gasteiger partial charge is 0.310 e. The fraction of sp³-hybridized carbons (Fsp3) is 0.0612. The average molecular weight is 700 g/mol. The minimum Gasteiger partial charge on any atom is -0.310 e. The third kappa shape index (κ3) is 4.33. The van der Waals surface area contributed by atoms with E-state index in [0.717, 1.165) is 11.4 Å². The number of hydrogen-bond donors (Lipinski definition) is 0. The van der Waals surface area contributed by atoms with Gasteiger partial charge < -0.3 is 4.90 Å². The van der Waals surface area contributed by atoms with Crippen LogP contribution in [0.5, 0.6) is 0 Å². The van der Waals surface area contributed by atoms with Gasteiger partial charge in [0.1, 0.15) is 0 Å². The predicted octanol–water partition coefficient (Wildman–Crippen LogP) is 15.0. The molecule has 1 aliphatic carbocycles. The summed E-state index contributed by atoms with van der Waals surface area (Å²) in [6, 6.07) is 61.1. The summed E-state index contributed by atoms with van der Waals surface area (Å²) >= 11 is 3.75. The quantitative estimate of drug-likeness (QED) is 0.177. The lowest BCUT2D eigenvalue weighted by molar-refractivity contribution is 0.660. The van der Waals surface area contributed by atoms with Crippen molar-refractivity contribution in [3.8, 4) is 22.3 Å². The Morgan fingerprint density at radius 2 is 1.04 bits per heavy atom. The van der Waals surface area contributed by atoms with E-state index in [1.807, 2.05) is 22.7 Å². The van der Waals surface area contributed by atoms with Crippen molar-refractivity contribution in [2.75, 3.05) is 4.90 Å². The van der Waals surface area contributed by atoms with Gasteiger partial charge in [-0.3, -0.25) is 0 Å². The van der Waals surface area contributed by atoms with E-state index in [0.29, 0.717) is 0 Å². The Bertz CT molecular complexity index is 3050. The van der Waals surface area contributed by atoms with Crippen LogP contribution >= 0.6 is 22.7 Å². The molecule has 0 bridgehead atoms. The highest BCUT2D eigenvalue weighted by Crippen LogP contribution is 2.51. The lowest BCUT2D eigenvalue weighted by Gasteiger charge is -2.28. The molecule has 0 aliphatic heterocycles. The van der Waals surface area contributed by atoms with E-state index in [1.54, 1.807) is 0 Å². The Morgan fingerprint density at radius 1 is 0.404 bits per heavy atom. The van der Waals surface area contributed by atoms with Crippen LogP contribution in [-0.2, 0) is 5.41 Å². The van der Waals surface area contributed by atoms with Crippen LogP contribution in [-0.4, -0.2) is 0 Å². The molecular formula is C49H33NS2. The molecule has 8 aromatic carbocycles. The minimum absolute atomic E-state index is 0.0849. The summed E-state index contributed by atoms with van der Waals surface area (Å²) in [5.41, 5.74) is 11.3. The van der Waals surface area contributed by atoms with Crippen molar-refractivity contribution >= 4 is 90.9 Å². The molecule has 52 heavy (non-hydrogen) atoms. The van der Waals surface area contributed by atoms with Crippen molar-refractivity contribution < 1.29 is 0 Å². The van der Waals surface area contributed by atoms with E-state index in [9.17, 15) is 0 Å². The lowest BCUT2D eigenvalue weighted by atomic mass is 9.82. The summed E-state index contributed by atoms with van der Waals surface area (Å²) in [6.07, 6.45) is 0. The second-order valence-electron chi connectivity index (χ2n) is 14.5. The zero-order valence-corrected chi connectivity index (χ0v) is 30.5. The van der Waals surface area contributed by atoms with Gasteiger partial charge in [0, 0.05) is 62.8 Å². The summed E-state index contributed by atoms with van der Waals surface area (Å²) in [4.78, 5) is 2.45. The first-order chi connectivity index (χ1) is 25.5. The van der Waals surface area contributed by atoms with Crippen molar-refractivity contribution in [2.45, 2.75) is 19.3 Å². The molecule has 11 rings (SSSR count). The summed E-state index contributed by atoms with van der Waals surface area (Å²) in [5, 5.41) is 7.94.